The van der Waals surface area contributed by atoms with Crippen molar-refractivity contribution in [1.29, 1.82) is 5.26 Å². The van der Waals surface area contributed by atoms with Gasteiger partial charge in [-0.05, 0) is 6.07 Å². The second-order valence-electron chi connectivity index (χ2n) is 2.05. The Hall–Kier alpha value is -2.09. The van der Waals surface area contributed by atoms with Crippen LogP contribution in [0.3, 0.4) is 0 Å². The molecule has 0 spiro atoms. The molecule has 0 aliphatic carbocycles. The van der Waals surface area contributed by atoms with Gasteiger partial charge in [0.2, 0.25) is 0 Å². The van der Waals surface area contributed by atoms with E-state index in [0.717, 1.165) is 18.2 Å². The van der Waals surface area contributed by atoms with E-state index in [0.29, 0.717) is 0 Å². The van der Waals surface area contributed by atoms with E-state index >= 15 is 0 Å². The molecule has 0 heterocycles. The van der Waals surface area contributed by atoms with Crippen LogP contribution in [0.15, 0.2) is 18.2 Å². The van der Waals surface area contributed by atoms with Crippen LogP contribution >= 0.6 is 0 Å². The number of rotatable bonds is 1. The number of nitriles is 1. The molecule has 0 saturated carbocycles. The van der Waals surface area contributed by atoms with E-state index in [9.17, 15) is 15.2 Å². The number of nitro groups is 1. The Labute approximate surface area is 67.6 Å². The van der Waals surface area contributed by atoms with Crippen molar-refractivity contribution in [2.24, 2.45) is 0 Å². The van der Waals surface area contributed by atoms with E-state index in [4.69, 9.17) is 5.26 Å². The lowest BCUT2D eigenvalue weighted by Gasteiger charge is -2.05. The SMILES string of the molecule is N#Cc1ccc([N+](=O)[O-])cc1[O-]. The van der Waals surface area contributed by atoms with Gasteiger partial charge in [0, 0.05) is 17.7 Å². The molecule has 1 rings (SSSR count). The second-order valence-corrected chi connectivity index (χ2v) is 2.05. The Morgan fingerprint density at radius 3 is 2.58 bits per heavy atom. The number of nitrogens with zero attached hydrogens (tertiary/aromatic N) is 2. The van der Waals surface area contributed by atoms with Crippen LogP contribution in [-0.4, -0.2) is 4.92 Å². The summed E-state index contributed by atoms with van der Waals surface area (Å²) in [4.78, 5) is 9.46. The van der Waals surface area contributed by atoms with Gasteiger partial charge in [-0.2, -0.15) is 5.26 Å². The highest BCUT2D eigenvalue weighted by Crippen LogP contribution is 2.19. The van der Waals surface area contributed by atoms with Gasteiger partial charge in [-0.3, -0.25) is 10.1 Å². The largest absolute Gasteiger partial charge is 0.871 e. The van der Waals surface area contributed by atoms with Gasteiger partial charge < -0.3 is 5.11 Å². The highest BCUT2D eigenvalue weighted by molar-refractivity contribution is 5.48. The van der Waals surface area contributed by atoms with Crippen molar-refractivity contribution < 1.29 is 10.0 Å². The van der Waals surface area contributed by atoms with Crippen LogP contribution in [0.5, 0.6) is 5.75 Å². The third-order valence-electron chi connectivity index (χ3n) is 1.30. The first kappa shape index (κ1) is 8.01. The Morgan fingerprint density at radius 1 is 1.50 bits per heavy atom. The zero-order valence-corrected chi connectivity index (χ0v) is 5.85. The standard InChI is InChI=1S/C7H4N2O3/c8-4-5-1-2-6(9(11)12)3-7(5)10/h1-3,10H/p-1. The lowest BCUT2D eigenvalue weighted by molar-refractivity contribution is -0.385. The topological polar surface area (TPSA) is 90.0 Å². The minimum absolute atomic E-state index is 0.0828. The van der Waals surface area contributed by atoms with Gasteiger partial charge in [-0.25, -0.2) is 0 Å². The van der Waals surface area contributed by atoms with E-state index < -0.39 is 10.7 Å². The van der Waals surface area contributed by atoms with Crippen LogP contribution in [0.4, 0.5) is 5.69 Å². The third kappa shape index (κ3) is 1.32. The van der Waals surface area contributed by atoms with Gasteiger partial charge in [0.1, 0.15) is 0 Å². The zero-order valence-electron chi connectivity index (χ0n) is 5.85. The number of nitro benzene ring substituents is 1. The van der Waals surface area contributed by atoms with Gasteiger partial charge in [-0.15, -0.1) is 0 Å². The van der Waals surface area contributed by atoms with Crippen LogP contribution < -0.4 is 5.11 Å². The molecule has 0 aromatic heterocycles. The van der Waals surface area contributed by atoms with Crippen LogP contribution in [0.2, 0.25) is 0 Å². The Kier molecular flexibility index (Phi) is 1.92. The molecule has 1 aromatic rings. The highest BCUT2D eigenvalue weighted by Gasteiger charge is 2.04. The minimum Gasteiger partial charge on any atom is -0.871 e. The highest BCUT2D eigenvalue weighted by atomic mass is 16.6. The van der Waals surface area contributed by atoms with Crippen molar-refractivity contribution in [2.45, 2.75) is 0 Å². The summed E-state index contributed by atoms with van der Waals surface area (Å²) in [5, 5.41) is 29.3. The molecular formula is C7H3N2O3-. The first-order valence-electron chi connectivity index (χ1n) is 3.00. The first-order chi connectivity index (χ1) is 5.65. The molecule has 0 N–H and O–H groups in total. The Bertz CT molecular complexity index is 367. The van der Waals surface area contributed by atoms with E-state index in [1.807, 2.05) is 0 Å². The maximum atomic E-state index is 10.8. The van der Waals surface area contributed by atoms with Gasteiger partial charge >= 0.3 is 0 Å². The summed E-state index contributed by atoms with van der Waals surface area (Å²) in [6.45, 7) is 0. The summed E-state index contributed by atoms with van der Waals surface area (Å²) in [5.41, 5.74) is -0.375. The maximum absolute atomic E-state index is 10.8. The number of non-ortho nitro benzene ring substituents is 1. The average Bonchev–Trinajstić information content (AvgIpc) is 2.04. The molecule has 5 heteroatoms. The fourth-order valence-corrected chi connectivity index (χ4v) is 0.717. The van der Waals surface area contributed by atoms with Crippen LogP contribution in [0.1, 0.15) is 5.56 Å². The van der Waals surface area contributed by atoms with Crippen molar-refractivity contribution in [2.75, 3.05) is 0 Å². The molecule has 5 nitrogen and oxygen atoms in total. The monoisotopic (exact) mass is 163 g/mol. The van der Waals surface area contributed by atoms with Gasteiger partial charge in [-0.1, -0.05) is 5.75 Å². The van der Waals surface area contributed by atoms with Gasteiger partial charge in [0.25, 0.3) is 5.69 Å². The maximum Gasteiger partial charge on any atom is 0.268 e. The molecule has 1 aromatic carbocycles. The number of benzene rings is 1. The summed E-state index contributed by atoms with van der Waals surface area (Å²) in [7, 11) is 0. The third-order valence-corrected chi connectivity index (χ3v) is 1.30. The van der Waals surface area contributed by atoms with Crippen molar-refractivity contribution >= 4 is 5.69 Å². The Morgan fingerprint density at radius 2 is 2.17 bits per heavy atom. The van der Waals surface area contributed by atoms with Crippen LogP contribution in [0.25, 0.3) is 0 Å². The molecule has 12 heavy (non-hydrogen) atoms. The molecule has 0 aliphatic heterocycles. The van der Waals surface area contributed by atoms with Gasteiger partial charge in [0.15, 0.2) is 0 Å². The molecule has 0 atom stereocenters. The fourth-order valence-electron chi connectivity index (χ4n) is 0.717. The second kappa shape index (κ2) is 2.88. The molecule has 0 aliphatic rings. The molecule has 0 fully saturated rings. The van der Waals surface area contributed by atoms with Crippen molar-refractivity contribution in [3.05, 3.63) is 33.9 Å². The molecule has 0 unspecified atom stereocenters. The zero-order chi connectivity index (χ0) is 9.14. The molecule has 60 valence electrons. The van der Waals surface area contributed by atoms with Crippen LogP contribution in [-0.2, 0) is 0 Å². The quantitative estimate of drug-likeness (QED) is 0.446. The summed E-state index contributed by atoms with van der Waals surface area (Å²) in [6.07, 6.45) is 0. The Balaban J connectivity index is 3.21. The van der Waals surface area contributed by atoms with E-state index in [-0.39, 0.29) is 11.3 Å². The van der Waals surface area contributed by atoms with Crippen molar-refractivity contribution in [3.63, 3.8) is 0 Å². The van der Waals surface area contributed by atoms with Crippen molar-refractivity contribution in [3.8, 4) is 11.8 Å². The summed E-state index contributed by atoms with van der Waals surface area (Å²) in [6, 6.07) is 4.72. The van der Waals surface area contributed by atoms with E-state index in [1.165, 1.54) is 0 Å². The molecule has 0 amide bonds. The predicted octanol–water partition coefficient (Wildman–Crippen LogP) is 0.540. The predicted molar refractivity (Wildman–Crippen MR) is 37.3 cm³/mol. The molecule has 0 bridgehead atoms. The van der Waals surface area contributed by atoms with E-state index in [1.54, 1.807) is 6.07 Å². The van der Waals surface area contributed by atoms with Crippen molar-refractivity contribution in [1.82, 2.24) is 0 Å². The summed E-state index contributed by atoms with van der Waals surface area (Å²) < 4.78 is 0. The van der Waals surface area contributed by atoms with E-state index in [2.05, 4.69) is 0 Å². The average molecular weight is 163 g/mol. The van der Waals surface area contributed by atoms with Gasteiger partial charge in [0.05, 0.1) is 11.0 Å². The van der Waals surface area contributed by atoms with Crippen LogP contribution in [0, 0.1) is 21.4 Å². The summed E-state index contributed by atoms with van der Waals surface area (Å²) in [5.74, 6) is -0.619. The molecular weight excluding hydrogens is 160 g/mol. The normalized spacial score (nSPS) is 8.92. The molecule has 0 saturated heterocycles. The minimum atomic E-state index is -0.678. The fraction of sp³-hybridized carbons (Fsp3) is 0. The lowest BCUT2D eigenvalue weighted by atomic mass is 10.2. The first-order valence-corrected chi connectivity index (χ1v) is 3.00. The number of hydrogen-bond donors (Lipinski definition) is 0. The number of hydrogen-bond acceptors (Lipinski definition) is 4. The lowest BCUT2D eigenvalue weighted by Crippen LogP contribution is -1.96. The smallest absolute Gasteiger partial charge is 0.268 e. The molecule has 0 radical (unpaired) electrons. The summed E-state index contributed by atoms with van der Waals surface area (Å²) >= 11 is 0.